The number of benzene rings is 1. The molecule has 1 fully saturated rings. The number of imide groups is 1. The lowest BCUT2D eigenvalue weighted by Gasteiger charge is -2.09. The Bertz CT molecular complexity index is 623. The van der Waals surface area contributed by atoms with Crippen LogP contribution in [0.3, 0.4) is 0 Å². The fourth-order valence-electron chi connectivity index (χ4n) is 1.97. The molecule has 1 saturated heterocycles. The second-order valence-corrected chi connectivity index (χ2v) is 4.14. The van der Waals surface area contributed by atoms with E-state index >= 15 is 0 Å². The number of amides is 3. The van der Waals surface area contributed by atoms with Gasteiger partial charge in [0.25, 0.3) is 5.91 Å². The van der Waals surface area contributed by atoms with E-state index in [4.69, 9.17) is 14.2 Å². The van der Waals surface area contributed by atoms with Crippen LogP contribution in [0, 0.1) is 0 Å². The van der Waals surface area contributed by atoms with Crippen LogP contribution < -0.4 is 24.8 Å². The first-order valence-electron chi connectivity index (χ1n) is 6.08. The summed E-state index contributed by atoms with van der Waals surface area (Å²) in [6.07, 6.45) is 1.53. The zero-order valence-electron chi connectivity index (χ0n) is 10.7. The smallest absolute Gasteiger partial charge is 0.326 e. The molecule has 0 aliphatic carbocycles. The number of fused-ring (bicyclic) bond motifs is 1. The van der Waals surface area contributed by atoms with E-state index in [9.17, 15) is 9.59 Å². The van der Waals surface area contributed by atoms with Gasteiger partial charge in [0.15, 0.2) is 11.5 Å². The van der Waals surface area contributed by atoms with Gasteiger partial charge in [0.2, 0.25) is 6.79 Å². The van der Waals surface area contributed by atoms with Gasteiger partial charge in [-0.05, 0) is 19.1 Å². The van der Waals surface area contributed by atoms with Crippen molar-refractivity contribution in [3.8, 4) is 17.2 Å². The largest absolute Gasteiger partial charge is 0.493 e. The molecular formula is C13H12N2O5. The van der Waals surface area contributed by atoms with Gasteiger partial charge in [-0.2, -0.15) is 0 Å². The highest BCUT2D eigenvalue weighted by molar-refractivity contribution is 6.14. The number of carbonyl (C=O) groups is 2. The lowest BCUT2D eigenvalue weighted by molar-refractivity contribution is -0.115. The highest BCUT2D eigenvalue weighted by Crippen LogP contribution is 2.39. The van der Waals surface area contributed by atoms with Crippen LogP contribution >= 0.6 is 0 Å². The van der Waals surface area contributed by atoms with Crippen LogP contribution in [0.15, 0.2) is 17.8 Å². The van der Waals surface area contributed by atoms with Crippen molar-refractivity contribution in [1.82, 2.24) is 10.6 Å². The average molecular weight is 276 g/mol. The third-order valence-corrected chi connectivity index (χ3v) is 2.82. The molecule has 20 heavy (non-hydrogen) atoms. The van der Waals surface area contributed by atoms with Crippen LogP contribution in [0.2, 0.25) is 0 Å². The SMILES string of the molecule is CCOc1cc2c(cc1C=C1NC(=O)NC1=O)OCO2. The standard InChI is InChI=1S/C13H12N2O5/c1-2-18-9-5-11-10(19-6-20-11)4-7(9)3-8-12(16)15-13(17)14-8/h3-5H,2,6H2,1H3,(H2,14,15,16,17). The highest BCUT2D eigenvalue weighted by atomic mass is 16.7. The molecule has 0 saturated carbocycles. The molecule has 2 aliphatic heterocycles. The Kier molecular flexibility index (Phi) is 2.94. The van der Waals surface area contributed by atoms with Gasteiger partial charge in [0, 0.05) is 11.6 Å². The molecule has 7 heteroatoms. The van der Waals surface area contributed by atoms with Gasteiger partial charge in [0.1, 0.15) is 11.4 Å². The molecule has 0 bridgehead atoms. The monoisotopic (exact) mass is 276 g/mol. The normalized spacial score (nSPS) is 18.1. The zero-order valence-corrected chi connectivity index (χ0v) is 10.7. The van der Waals surface area contributed by atoms with Gasteiger partial charge in [-0.15, -0.1) is 0 Å². The minimum atomic E-state index is -0.542. The molecule has 0 atom stereocenters. The molecule has 3 amide bonds. The van der Waals surface area contributed by atoms with E-state index in [0.29, 0.717) is 29.4 Å². The quantitative estimate of drug-likeness (QED) is 0.635. The second kappa shape index (κ2) is 4.76. The van der Waals surface area contributed by atoms with E-state index < -0.39 is 11.9 Å². The summed E-state index contributed by atoms with van der Waals surface area (Å²) in [4.78, 5) is 22.6. The van der Waals surface area contributed by atoms with Crippen molar-refractivity contribution < 1.29 is 23.8 Å². The Labute approximate surface area is 114 Å². The van der Waals surface area contributed by atoms with E-state index in [0.717, 1.165) is 0 Å². The first-order valence-corrected chi connectivity index (χ1v) is 6.08. The number of hydrogen-bond acceptors (Lipinski definition) is 5. The van der Waals surface area contributed by atoms with E-state index in [1.54, 1.807) is 12.1 Å². The van der Waals surface area contributed by atoms with Crippen LogP contribution in [0.25, 0.3) is 6.08 Å². The highest BCUT2D eigenvalue weighted by Gasteiger charge is 2.24. The van der Waals surface area contributed by atoms with Crippen molar-refractivity contribution >= 4 is 18.0 Å². The van der Waals surface area contributed by atoms with Crippen molar-refractivity contribution in [3.05, 3.63) is 23.4 Å². The Morgan fingerprint density at radius 1 is 1.25 bits per heavy atom. The third kappa shape index (κ3) is 2.13. The van der Waals surface area contributed by atoms with Crippen LogP contribution in [0.1, 0.15) is 12.5 Å². The Hall–Kier alpha value is -2.70. The van der Waals surface area contributed by atoms with Crippen molar-refractivity contribution in [2.75, 3.05) is 13.4 Å². The molecular weight excluding hydrogens is 264 g/mol. The van der Waals surface area contributed by atoms with Crippen LogP contribution in [0.5, 0.6) is 17.2 Å². The Balaban J connectivity index is 2.01. The summed E-state index contributed by atoms with van der Waals surface area (Å²) in [7, 11) is 0. The van der Waals surface area contributed by atoms with Gasteiger partial charge in [-0.3, -0.25) is 10.1 Å². The molecule has 2 N–H and O–H groups in total. The van der Waals surface area contributed by atoms with E-state index in [1.807, 2.05) is 6.92 Å². The number of carbonyl (C=O) groups excluding carboxylic acids is 2. The van der Waals surface area contributed by atoms with E-state index in [2.05, 4.69) is 10.6 Å². The topological polar surface area (TPSA) is 85.9 Å². The van der Waals surface area contributed by atoms with Crippen molar-refractivity contribution in [2.24, 2.45) is 0 Å². The molecule has 3 rings (SSSR count). The molecule has 0 radical (unpaired) electrons. The Morgan fingerprint density at radius 2 is 2.00 bits per heavy atom. The van der Waals surface area contributed by atoms with Gasteiger partial charge in [-0.25, -0.2) is 4.79 Å². The number of nitrogens with one attached hydrogen (secondary N) is 2. The third-order valence-electron chi connectivity index (χ3n) is 2.82. The summed E-state index contributed by atoms with van der Waals surface area (Å²) in [5, 5.41) is 4.56. The summed E-state index contributed by atoms with van der Waals surface area (Å²) in [5.74, 6) is 1.24. The molecule has 1 aromatic rings. The van der Waals surface area contributed by atoms with Crippen LogP contribution in [-0.4, -0.2) is 25.3 Å². The number of ether oxygens (including phenoxy) is 3. The second-order valence-electron chi connectivity index (χ2n) is 4.14. The lowest BCUT2D eigenvalue weighted by Crippen LogP contribution is -2.22. The average Bonchev–Trinajstić information content (AvgIpc) is 2.97. The predicted molar refractivity (Wildman–Crippen MR) is 68.4 cm³/mol. The maximum atomic E-state index is 11.5. The summed E-state index contributed by atoms with van der Waals surface area (Å²) < 4.78 is 16.1. The fourth-order valence-corrected chi connectivity index (χ4v) is 1.97. The molecule has 2 aliphatic rings. The first kappa shape index (κ1) is 12.3. The van der Waals surface area contributed by atoms with Gasteiger partial charge >= 0.3 is 6.03 Å². The van der Waals surface area contributed by atoms with Gasteiger partial charge in [-0.1, -0.05) is 0 Å². The maximum absolute atomic E-state index is 11.5. The molecule has 2 heterocycles. The van der Waals surface area contributed by atoms with E-state index in [-0.39, 0.29) is 12.5 Å². The first-order chi connectivity index (χ1) is 9.67. The molecule has 0 unspecified atom stereocenters. The molecule has 0 aromatic heterocycles. The number of hydrogen-bond donors (Lipinski definition) is 2. The number of urea groups is 1. The van der Waals surface area contributed by atoms with Crippen molar-refractivity contribution in [3.63, 3.8) is 0 Å². The van der Waals surface area contributed by atoms with Crippen LogP contribution in [-0.2, 0) is 4.79 Å². The molecule has 104 valence electrons. The van der Waals surface area contributed by atoms with Crippen LogP contribution in [0.4, 0.5) is 4.79 Å². The Morgan fingerprint density at radius 3 is 2.65 bits per heavy atom. The molecule has 1 aromatic carbocycles. The summed E-state index contributed by atoms with van der Waals surface area (Å²) in [6, 6.07) is 2.87. The fraction of sp³-hybridized carbons (Fsp3) is 0.231. The predicted octanol–water partition coefficient (Wildman–Crippen LogP) is 0.994. The maximum Gasteiger partial charge on any atom is 0.326 e. The van der Waals surface area contributed by atoms with Gasteiger partial charge < -0.3 is 19.5 Å². The molecule has 0 spiro atoms. The zero-order chi connectivity index (χ0) is 14.1. The summed E-state index contributed by atoms with van der Waals surface area (Å²) in [6.45, 7) is 2.47. The van der Waals surface area contributed by atoms with E-state index in [1.165, 1.54) is 6.08 Å². The minimum absolute atomic E-state index is 0.151. The lowest BCUT2D eigenvalue weighted by atomic mass is 10.1. The summed E-state index contributed by atoms with van der Waals surface area (Å²) in [5.41, 5.74) is 0.790. The minimum Gasteiger partial charge on any atom is -0.493 e. The summed E-state index contributed by atoms with van der Waals surface area (Å²) >= 11 is 0. The number of rotatable bonds is 3. The van der Waals surface area contributed by atoms with Gasteiger partial charge in [0.05, 0.1) is 6.61 Å². The molecule has 7 nitrogen and oxygen atoms in total. The van der Waals surface area contributed by atoms with Crippen molar-refractivity contribution in [1.29, 1.82) is 0 Å². The van der Waals surface area contributed by atoms with Crippen molar-refractivity contribution in [2.45, 2.75) is 6.92 Å².